The van der Waals surface area contributed by atoms with Crippen molar-refractivity contribution in [1.29, 1.82) is 0 Å². The number of aromatic carboxylic acids is 1. The van der Waals surface area contributed by atoms with E-state index >= 15 is 0 Å². The molecule has 2 aromatic carbocycles. The van der Waals surface area contributed by atoms with Crippen molar-refractivity contribution < 1.29 is 9.90 Å². The highest BCUT2D eigenvalue weighted by molar-refractivity contribution is 9.10. The van der Waals surface area contributed by atoms with Gasteiger partial charge in [0, 0.05) is 14.3 Å². The maximum atomic E-state index is 11.0. The molecule has 0 aliphatic heterocycles. The molecule has 0 aromatic heterocycles. The van der Waals surface area contributed by atoms with Gasteiger partial charge < -0.3 is 5.11 Å². The van der Waals surface area contributed by atoms with Crippen LogP contribution in [0.3, 0.4) is 0 Å². The average Bonchev–Trinajstić information content (AvgIpc) is 2.33. The lowest BCUT2D eigenvalue weighted by Crippen LogP contribution is -1.96. The second-order valence-corrected chi connectivity index (χ2v) is 6.38. The van der Waals surface area contributed by atoms with Crippen LogP contribution in [-0.4, -0.2) is 11.1 Å². The Morgan fingerprint density at radius 1 is 1.16 bits per heavy atom. The van der Waals surface area contributed by atoms with Crippen LogP contribution in [0.2, 0.25) is 0 Å². The fourth-order valence-corrected chi connectivity index (χ4v) is 3.43. The van der Waals surface area contributed by atoms with Crippen molar-refractivity contribution in [3.8, 4) is 0 Å². The van der Waals surface area contributed by atoms with Gasteiger partial charge in [0.15, 0.2) is 0 Å². The number of aryl methyl sites for hydroxylation is 2. The van der Waals surface area contributed by atoms with Gasteiger partial charge in [-0.05, 0) is 49.2 Å². The van der Waals surface area contributed by atoms with Crippen molar-refractivity contribution in [2.75, 3.05) is 0 Å². The largest absolute Gasteiger partial charge is 0.478 e. The molecule has 0 bridgehead atoms. The molecule has 0 radical (unpaired) electrons. The summed E-state index contributed by atoms with van der Waals surface area (Å²) in [5.41, 5.74) is 2.68. The highest BCUT2D eigenvalue weighted by atomic mass is 79.9. The minimum Gasteiger partial charge on any atom is -0.478 e. The Morgan fingerprint density at radius 2 is 1.89 bits per heavy atom. The molecule has 0 atom stereocenters. The standard InChI is InChI=1S/C15H13BrO2S/c1-9-3-4-10(2)14(5-9)19-13-7-11(15(17)18)6-12(16)8-13/h3-8H,1-2H3,(H,17,18). The maximum Gasteiger partial charge on any atom is 0.335 e. The van der Waals surface area contributed by atoms with E-state index in [1.807, 2.05) is 13.0 Å². The summed E-state index contributed by atoms with van der Waals surface area (Å²) in [6.45, 7) is 4.10. The summed E-state index contributed by atoms with van der Waals surface area (Å²) in [5, 5.41) is 9.07. The normalized spacial score (nSPS) is 10.5. The molecule has 0 fully saturated rings. The van der Waals surface area contributed by atoms with Crippen molar-refractivity contribution in [3.05, 3.63) is 57.6 Å². The van der Waals surface area contributed by atoms with Crippen molar-refractivity contribution in [3.63, 3.8) is 0 Å². The number of carboxylic acid groups (broad SMARTS) is 1. The molecule has 0 unspecified atom stereocenters. The lowest BCUT2D eigenvalue weighted by molar-refractivity contribution is 0.0696. The smallest absolute Gasteiger partial charge is 0.335 e. The quantitative estimate of drug-likeness (QED) is 0.864. The van der Waals surface area contributed by atoms with E-state index in [4.69, 9.17) is 5.11 Å². The fourth-order valence-electron chi connectivity index (χ4n) is 1.69. The summed E-state index contributed by atoms with van der Waals surface area (Å²) in [4.78, 5) is 13.1. The Balaban J connectivity index is 2.38. The molecule has 0 heterocycles. The second-order valence-electron chi connectivity index (χ2n) is 4.35. The summed E-state index contributed by atoms with van der Waals surface area (Å²) in [7, 11) is 0. The van der Waals surface area contributed by atoms with E-state index < -0.39 is 5.97 Å². The van der Waals surface area contributed by atoms with E-state index in [0.717, 1.165) is 14.3 Å². The monoisotopic (exact) mass is 336 g/mol. The summed E-state index contributed by atoms with van der Waals surface area (Å²) >= 11 is 4.93. The Hall–Kier alpha value is -1.26. The Morgan fingerprint density at radius 3 is 2.58 bits per heavy atom. The van der Waals surface area contributed by atoms with Crippen LogP contribution in [0.4, 0.5) is 0 Å². The molecule has 4 heteroatoms. The van der Waals surface area contributed by atoms with E-state index in [9.17, 15) is 4.79 Å². The molecule has 98 valence electrons. The molecular formula is C15H13BrO2S. The van der Waals surface area contributed by atoms with E-state index in [2.05, 4.69) is 41.1 Å². The zero-order valence-electron chi connectivity index (χ0n) is 10.6. The minimum atomic E-state index is -0.913. The fraction of sp³-hybridized carbons (Fsp3) is 0.133. The van der Waals surface area contributed by atoms with Crippen LogP contribution in [0.5, 0.6) is 0 Å². The lowest BCUT2D eigenvalue weighted by atomic mass is 10.2. The molecule has 0 amide bonds. The van der Waals surface area contributed by atoms with E-state index in [1.54, 1.807) is 23.9 Å². The van der Waals surface area contributed by atoms with E-state index in [1.165, 1.54) is 11.1 Å². The molecule has 0 spiro atoms. The molecule has 19 heavy (non-hydrogen) atoms. The van der Waals surface area contributed by atoms with Crippen LogP contribution in [0, 0.1) is 13.8 Å². The van der Waals surface area contributed by atoms with Crippen LogP contribution in [-0.2, 0) is 0 Å². The van der Waals surface area contributed by atoms with Crippen LogP contribution in [0.15, 0.2) is 50.7 Å². The number of hydrogen-bond acceptors (Lipinski definition) is 2. The van der Waals surface area contributed by atoms with Gasteiger partial charge in [-0.1, -0.05) is 39.8 Å². The van der Waals surface area contributed by atoms with Gasteiger partial charge in [-0.3, -0.25) is 0 Å². The van der Waals surface area contributed by atoms with Gasteiger partial charge in [0.2, 0.25) is 0 Å². The van der Waals surface area contributed by atoms with Gasteiger partial charge in [-0.2, -0.15) is 0 Å². The van der Waals surface area contributed by atoms with Gasteiger partial charge in [0.25, 0.3) is 0 Å². The molecule has 0 aliphatic rings. The first kappa shape index (κ1) is 14.2. The molecule has 0 saturated heterocycles. The zero-order chi connectivity index (χ0) is 14.0. The van der Waals surface area contributed by atoms with Crippen LogP contribution in [0.1, 0.15) is 21.5 Å². The zero-order valence-corrected chi connectivity index (χ0v) is 13.0. The first-order chi connectivity index (χ1) is 8.95. The molecule has 1 N–H and O–H groups in total. The van der Waals surface area contributed by atoms with Crippen molar-refractivity contribution >= 4 is 33.7 Å². The van der Waals surface area contributed by atoms with Crippen LogP contribution >= 0.6 is 27.7 Å². The summed E-state index contributed by atoms with van der Waals surface area (Å²) < 4.78 is 0.778. The number of hydrogen-bond donors (Lipinski definition) is 1. The predicted molar refractivity (Wildman–Crippen MR) is 81.1 cm³/mol. The highest BCUT2D eigenvalue weighted by Gasteiger charge is 2.08. The topological polar surface area (TPSA) is 37.3 Å². The Labute approximate surface area is 125 Å². The third kappa shape index (κ3) is 3.61. The second kappa shape index (κ2) is 5.80. The molecular weight excluding hydrogens is 324 g/mol. The number of halogens is 1. The average molecular weight is 337 g/mol. The third-order valence-electron chi connectivity index (χ3n) is 2.69. The van der Waals surface area contributed by atoms with E-state index in [0.29, 0.717) is 5.56 Å². The number of carboxylic acids is 1. The molecule has 0 saturated carbocycles. The van der Waals surface area contributed by atoms with Gasteiger partial charge in [-0.15, -0.1) is 0 Å². The summed E-state index contributed by atoms with van der Waals surface area (Å²) in [5.74, 6) is -0.913. The third-order valence-corrected chi connectivity index (χ3v) is 4.28. The first-order valence-corrected chi connectivity index (χ1v) is 7.35. The molecule has 2 nitrogen and oxygen atoms in total. The SMILES string of the molecule is Cc1ccc(C)c(Sc2cc(Br)cc(C(=O)O)c2)c1. The highest BCUT2D eigenvalue weighted by Crippen LogP contribution is 2.33. The van der Waals surface area contributed by atoms with Crippen molar-refractivity contribution in [1.82, 2.24) is 0 Å². The van der Waals surface area contributed by atoms with Gasteiger partial charge in [-0.25, -0.2) is 4.79 Å². The summed E-state index contributed by atoms with van der Waals surface area (Å²) in [6, 6.07) is 11.5. The Kier molecular flexibility index (Phi) is 4.32. The number of carbonyl (C=O) groups is 1. The Bertz CT molecular complexity index is 638. The molecule has 0 aliphatic carbocycles. The predicted octanol–water partition coefficient (Wildman–Crippen LogP) is 4.92. The van der Waals surface area contributed by atoms with Crippen LogP contribution < -0.4 is 0 Å². The van der Waals surface area contributed by atoms with Crippen molar-refractivity contribution in [2.45, 2.75) is 23.6 Å². The van der Waals surface area contributed by atoms with Gasteiger partial charge >= 0.3 is 5.97 Å². The molecule has 2 rings (SSSR count). The van der Waals surface area contributed by atoms with Gasteiger partial charge in [0.05, 0.1) is 5.56 Å². The maximum absolute atomic E-state index is 11.0. The molecule has 2 aromatic rings. The van der Waals surface area contributed by atoms with Crippen LogP contribution in [0.25, 0.3) is 0 Å². The number of rotatable bonds is 3. The number of benzene rings is 2. The minimum absolute atomic E-state index is 0.294. The lowest BCUT2D eigenvalue weighted by Gasteiger charge is -2.08. The van der Waals surface area contributed by atoms with Gasteiger partial charge in [0.1, 0.15) is 0 Å². The van der Waals surface area contributed by atoms with Crippen molar-refractivity contribution in [2.24, 2.45) is 0 Å². The van der Waals surface area contributed by atoms with E-state index in [-0.39, 0.29) is 0 Å². The summed E-state index contributed by atoms with van der Waals surface area (Å²) in [6.07, 6.45) is 0. The first-order valence-electron chi connectivity index (χ1n) is 5.75.